The van der Waals surface area contributed by atoms with Crippen molar-refractivity contribution in [1.82, 2.24) is 0 Å². The van der Waals surface area contributed by atoms with Crippen molar-refractivity contribution >= 4 is 5.78 Å². The van der Waals surface area contributed by atoms with E-state index in [1.807, 2.05) is 0 Å². The van der Waals surface area contributed by atoms with Crippen LogP contribution in [0.1, 0.15) is 29.8 Å². The number of hydrogen-bond donors (Lipinski definition) is 0. The van der Waals surface area contributed by atoms with Crippen LogP contribution in [0.5, 0.6) is 0 Å². The molecule has 0 atom stereocenters. The van der Waals surface area contributed by atoms with Crippen LogP contribution in [0.2, 0.25) is 0 Å². The zero-order valence-corrected chi connectivity index (χ0v) is 6.25. The van der Waals surface area contributed by atoms with Crippen LogP contribution in [-0.2, 0) is 0 Å². The fourth-order valence-corrected chi connectivity index (χ4v) is 1.12. The fraction of sp³-hybridized carbons (Fsp3) is 0.444. The van der Waals surface area contributed by atoms with Gasteiger partial charge in [-0.2, -0.15) is 0 Å². The van der Waals surface area contributed by atoms with Crippen molar-refractivity contribution in [2.24, 2.45) is 5.92 Å². The summed E-state index contributed by atoms with van der Waals surface area (Å²) in [6.45, 7) is 0. The second kappa shape index (κ2) is 2.53. The van der Waals surface area contributed by atoms with Gasteiger partial charge in [-0.05, 0) is 30.9 Å². The molecular formula is C9H10O2. The van der Waals surface area contributed by atoms with Gasteiger partial charge in [0.25, 0.3) is 0 Å². The van der Waals surface area contributed by atoms with Gasteiger partial charge in [-0.3, -0.25) is 4.79 Å². The van der Waals surface area contributed by atoms with E-state index < -0.39 is 0 Å². The number of carbonyl (C=O) groups is 1. The molecule has 0 spiro atoms. The van der Waals surface area contributed by atoms with Gasteiger partial charge < -0.3 is 4.42 Å². The zero-order chi connectivity index (χ0) is 7.68. The van der Waals surface area contributed by atoms with Crippen LogP contribution in [0.25, 0.3) is 0 Å². The molecule has 0 radical (unpaired) electrons. The molecular weight excluding hydrogens is 140 g/mol. The first-order chi connectivity index (χ1) is 5.36. The SMILES string of the molecule is O=C(CC1CC1)c1ccco1. The molecule has 0 unspecified atom stereocenters. The minimum Gasteiger partial charge on any atom is -0.461 e. The monoisotopic (exact) mass is 150 g/mol. The third-order valence-corrected chi connectivity index (χ3v) is 1.97. The number of Topliss-reactive ketones (excluding diaryl/α,β-unsaturated/α-hetero) is 1. The molecule has 1 heterocycles. The predicted molar refractivity (Wildman–Crippen MR) is 40.4 cm³/mol. The Labute approximate surface area is 65.2 Å². The van der Waals surface area contributed by atoms with Crippen molar-refractivity contribution in [3.63, 3.8) is 0 Å². The van der Waals surface area contributed by atoms with E-state index in [-0.39, 0.29) is 5.78 Å². The van der Waals surface area contributed by atoms with Crippen molar-refractivity contribution in [3.8, 4) is 0 Å². The minimum absolute atomic E-state index is 0.150. The molecule has 11 heavy (non-hydrogen) atoms. The Bertz CT molecular complexity index is 245. The molecule has 1 aromatic heterocycles. The van der Waals surface area contributed by atoms with Gasteiger partial charge in [0.15, 0.2) is 11.5 Å². The van der Waals surface area contributed by atoms with Crippen LogP contribution < -0.4 is 0 Å². The summed E-state index contributed by atoms with van der Waals surface area (Å²) in [5, 5.41) is 0. The van der Waals surface area contributed by atoms with Gasteiger partial charge in [-0.15, -0.1) is 0 Å². The molecule has 2 nitrogen and oxygen atoms in total. The molecule has 0 aromatic carbocycles. The second-order valence-corrected chi connectivity index (χ2v) is 3.05. The topological polar surface area (TPSA) is 30.2 Å². The highest BCUT2D eigenvalue weighted by Crippen LogP contribution is 2.33. The van der Waals surface area contributed by atoms with Gasteiger partial charge in [0.05, 0.1) is 6.26 Å². The van der Waals surface area contributed by atoms with Gasteiger partial charge in [-0.25, -0.2) is 0 Å². The summed E-state index contributed by atoms with van der Waals surface area (Å²) in [5.41, 5.74) is 0. The molecule has 1 fully saturated rings. The average molecular weight is 150 g/mol. The van der Waals surface area contributed by atoms with E-state index in [0.29, 0.717) is 18.1 Å². The molecule has 0 amide bonds. The van der Waals surface area contributed by atoms with Crippen LogP contribution in [-0.4, -0.2) is 5.78 Å². The molecule has 0 N–H and O–H groups in total. The van der Waals surface area contributed by atoms with Gasteiger partial charge in [0, 0.05) is 6.42 Å². The maximum atomic E-state index is 11.3. The second-order valence-electron chi connectivity index (χ2n) is 3.05. The Kier molecular flexibility index (Phi) is 1.53. The smallest absolute Gasteiger partial charge is 0.198 e. The number of hydrogen-bond acceptors (Lipinski definition) is 2. The van der Waals surface area contributed by atoms with E-state index in [1.54, 1.807) is 18.4 Å². The van der Waals surface area contributed by atoms with Crippen LogP contribution >= 0.6 is 0 Å². The molecule has 0 saturated heterocycles. The summed E-state index contributed by atoms with van der Waals surface area (Å²) < 4.78 is 4.97. The summed E-state index contributed by atoms with van der Waals surface area (Å²) in [4.78, 5) is 11.3. The maximum absolute atomic E-state index is 11.3. The Morgan fingerprint density at radius 3 is 3.00 bits per heavy atom. The highest BCUT2D eigenvalue weighted by atomic mass is 16.3. The van der Waals surface area contributed by atoms with E-state index >= 15 is 0 Å². The van der Waals surface area contributed by atoms with E-state index in [2.05, 4.69) is 0 Å². The lowest BCUT2D eigenvalue weighted by Gasteiger charge is -1.91. The van der Waals surface area contributed by atoms with Crippen molar-refractivity contribution < 1.29 is 9.21 Å². The number of ketones is 1. The van der Waals surface area contributed by atoms with Crippen LogP contribution in [0, 0.1) is 5.92 Å². The molecule has 1 saturated carbocycles. The Morgan fingerprint density at radius 1 is 1.64 bits per heavy atom. The van der Waals surface area contributed by atoms with Crippen molar-refractivity contribution in [1.29, 1.82) is 0 Å². The Morgan fingerprint density at radius 2 is 2.45 bits per heavy atom. The third-order valence-electron chi connectivity index (χ3n) is 1.97. The molecule has 1 aliphatic rings. The molecule has 0 aliphatic heterocycles. The Balaban J connectivity index is 1.99. The summed E-state index contributed by atoms with van der Waals surface area (Å²) in [6, 6.07) is 3.48. The predicted octanol–water partition coefficient (Wildman–Crippen LogP) is 2.26. The summed E-state index contributed by atoms with van der Waals surface area (Å²) in [5.74, 6) is 1.31. The van der Waals surface area contributed by atoms with Gasteiger partial charge in [-0.1, -0.05) is 0 Å². The standard InChI is InChI=1S/C9H10O2/c10-8(6-7-3-4-7)9-2-1-5-11-9/h1-2,5,7H,3-4,6H2. The zero-order valence-electron chi connectivity index (χ0n) is 6.25. The fourth-order valence-electron chi connectivity index (χ4n) is 1.12. The molecule has 1 aromatic rings. The van der Waals surface area contributed by atoms with Crippen LogP contribution in [0.3, 0.4) is 0 Å². The first-order valence-electron chi connectivity index (χ1n) is 3.93. The van der Waals surface area contributed by atoms with E-state index in [1.165, 1.54) is 12.8 Å². The van der Waals surface area contributed by atoms with Gasteiger partial charge >= 0.3 is 0 Å². The van der Waals surface area contributed by atoms with Crippen molar-refractivity contribution in [3.05, 3.63) is 24.2 Å². The largest absolute Gasteiger partial charge is 0.461 e. The number of rotatable bonds is 3. The lowest BCUT2D eigenvalue weighted by molar-refractivity contribution is 0.0949. The summed E-state index contributed by atoms with van der Waals surface area (Å²) >= 11 is 0. The van der Waals surface area contributed by atoms with Crippen LogP contribution in [0.4, 0.5) is 0 Å². The number of carbonyl (C=O) groups excluding carboxylic acids is 1. The van der Waals surface area contributed by atoms with Crippen LogP contribution in [0.15, 0.2) is 22.8 Å². The molecule has 0 bridgehead atoms. The van der Waals surface area contributed by atoms with Crippen molar-refractivity contribution in [2.45, 2.75) is 19.3 Å². The summed E-state index contributed by atoms with van der Waals surface area (Å²) in [7, 11) is 0. The van der Waals surface area contributed by atoms with E-state index in [4.69, 9.17) is 4.42 Å². The normalized spacial score (nSPS) is 16.7. The molecule has 58 valence electrons. The third kappa shape index (κ3) is 1.50. The Hall–Kier alpha value is -1.05. The minimum atomic E-state index is 0.150. The van der Waals surface area contributed by atoms with Gasteiger partial charge in [0.1, 0.15) is 0 Å². The van der Waals surface area contributed by atoms with Gasteiger partial charge in [0.2, 0.25) is 0 Å². The maximum Gasteiger partial charge on any atom is 0.198 e. The van der Waals surface area contributed by atoms with E-state index in [0.717, 1.165) is 0 Å². The van der Waals surface area contributed by atoms with Crippen molar-refractivity contribution in [2.75, 3.05) is 0 Å². The number of furan rings is 1. The average Bonchev–Trinajstić information content (AvgIpc) is 2.67. The molecule has 2 rings (SSSR count). The first-order valence-corrected chi connectivity index (χ1v) is 3.93. The molecule has 2 heteroatoms. The first kappa shape index (κ1) is 6.65. The summed E-state index contributed by atoms with van der Waals surface area (Å²) in [6.07, 6.45) is 4.65. The lowest BCUT2D eigenvalue weighted by atomic mass is 10.2. The quantitative estimate of drug-likeness (QED) is 0.618. The molecule has 1 aliphatic carbocycles. The highest BCUT2D eigenvalue weighted by molar-refractivity contribution is 5.93. The lowest BCUT2D eigenvalue weighted by Crippen LogP contribution is -1.97. The van der Waals surface area contributed by atoms with E-state index in [9.17, 15) is 4.79 Å². The highest BCUT2D eigenvalue weighted by Gasteiger charge is 2.25.